The molecule has 0 bridgehead atoms. The summed E-state index contributed by atoms with van der Waals surface area (Å²) in [7, 11) is 2.06. The van der Waals surface area contributed by atoms with Crippen molar-refractivity contribution in [2.24, 2.45) is 11.3 Å². The Balaban J connectivity index is 2.06. The van der Waals surface area contributed by atoms with E-state index in [1.54, 1.807) is 0 Å². The molecule has 0 aliphatic rings. The van der Waals surface area contributed by atoms with Gasteiger partial charge in [-0.15, -0.1) is 11.3 Å². The van der Waals surface area contributed by atoms with Gasteiger partial charge in [0.2, 0.25) is 0 Å². The fourth-order valence-corrected chi connectivity index (χ4v) is 3.35. The maximum Gasteiger partial charge on any atom is 0.0954 e. The van der Waals surface area contributed by atoms with Crippen LogP contribution in [-0.2, 0) is 6.42 Å². The molecular weight excluding hydrogens is 264 g/mol. The Morgan fingerprint density at radius 1 is 1.25 bits per heavy atom. The van der Waals surface area contributed by atoms with Gasteiger partial charge in [0.25, 0.3) is 0 Å². The number of aromatic nitrogens is 1. The summed E-state index contributed by atoms with van der Waals surface area (Å²) in [6.07, 6.45) is 2.21. The van der Waals surface area contributed by atoms with Gasteiger partial charge in [-0.1, -0.05) is 39.8 Å². The summed E-state index contributed by atoms with van der Waals surface area (Å²) in [5, 5.41) is 4.71. The van der Waals surface area contributed by atoms with Crippen LogP contribution in [0.15, 0.2) is 24.3 Å². The summed E-state index contributed by atoms with van der Waals surface area (Å²) >= 11 is 1.82. The maximum atomic E-state index is 4.75. The number of benzene rings is 1. The summed E-state index contributed by atoms with van der Waals surface area (Å²) in [5.41, 5.74) is 1.49. The van der Waals surface area contributed by atoms with E-state index < -0.39 is 0 Å². The second-order valence-electron chi connectivity index (χ2n) is 6.77. The third-order valence-corrected chi connectivity index (χ3v) is 5.34. The summed E-state index contributed by atoms with van der Waals surface area (Å²) in [5.74, 6) is 0.689. The van der Waals surface area contributed by atoms with Crippen molar-refractivity contribution >= 4 is 21.6 Å². The highest BCUT2D eigenvalue weighted by molar-refractivity contribution is 7.18. The van der Waals surface area contributed by atoms with Gasteiger partial charge in [0.1, 0.15) is 0 Å². The number of para-hydroxylation sites is 1. The molecule has 2 nitrogen and oxygen atoms in total. The van der Waals surface area contributed by atoms with Crippen molar-refractivity contribution in [3.05, 3.63) is 29.3 Å². The molecular formula is C17H26N2S. The van der Waals surface area contributed by atoms with Crippen LogP contribution in [0.1, 0.15) is 39.1 Å². The summed E-state index contributed by atoms with van der Waals surface area (Å²) in [6.45, 7) is 9.31. The molecule has 2 aromatic rings. The predicted molar refractivity (Wildman–Crippen MR) is 89.4 cm³/mol. The second-order valence-corrected chi connectivity index (χ2v) is 7.88. The van der Waals surface area contributed by atoms with E-state index in [0.29, 0.717) is 17.4 Å². The zero-order valence-corrected chi connectivity index (χ0v) is 14.1. The minimum atomic E-state index is 0.364. The van der Waals surface area contributed by atoms with Crippen LogP contribution < -0.4 is 5.32 Å². The molecule has 0 amide bonds. The summed E-state index contributed by atoms with van der Waals surface area (Å²) in [6, 6.07) is 8.90. The van der Waals surface area contributed by atoms with Gasteiger partial charge >= 0.3 is 0 Å². The fourth-order valence-electron chi connectivity index (χ4n) is 2.30. The highest BCUT2D eigenvalue weighted by Gasteiger charge is 2.23. The lowest BCUT2D eigenvalue weighted by molar-refractivity contribution is 0.225. The molecule has 0 fully saturated rings. The predicted octanol–water partition coefficient (Wildman–Crippen LogP) is 4.50. The van der Waals surface area contributed by atoms with Gasteiger partial charge in [0.15, 0.2) is 0 Å². The van der Waals surface area contributed by atoms with Gasteiger partial charge in [-0.3, -0.25) is 0 Å². The number of rotatable bonds is 5. The molecule has 0 saturated carbocycles. The summed E-state index contributed by atoms with van der Waals surface area (Å²) < 4.78 is 1.29. The van der Waals surface area contributed by atoms with Crippen LogP contribution in [0.3, 0.4) is 0 Å². The summed E-state index contributed by atoms with van der Waals surface area (Å²) in [4.78, 5) is 4.75. The largest absolute Gasteiger partial charge is 0.317 e. The molecule has 1 heterocycles. The van der Waals surface area contributed by atoms with Crippen LogP contribution in [0.2, 0.25) is 0 Å². The number of thiazole rings is 1. The quantitative estimate of drug-likeness (QED) is 0.877. The van der Waals surface area contributed by atoms with Gasteiger partial charge in [-0.2, -0.15) is 0 Å². The van der Waals surface area contributed by atoms with Crippen molar-refractivity contribution in [2.45, 2.75) is 46.6 Å². The van der Waals surface area contributed by atoms with E-state index in [1.807, 2.05) is 11.3 Å². The molecule has 1 aromatic carbocycles. The van der Waals surface area contributed by atoms with Crippen molar-refractivity contribution < 1.29 is 0 Å². The van der Waals surface area contributed by atoms with Crippen molar-refractivity contribution in [2.75, 3.05) is 7.05 Å². The number of nitrogens with zero attached hydrogens (tertiary/aromatic N) is 1. The Morgan fingerprint density at radius 3 is 2.55 bits per heavy atom. The molecule has 1 N–H and O–H groups in total. The molecule has 20 heavy (non-hydrogen) atoms. The van der Waals surface area contributed by atoms with E-state index in [9.17, 15) is 0 Å². The average Bonchev–Trinajstić information content (AvgIpc) is 2.78. The highest BCUT2D eigenvalue weighted by atomic mass is 32.1. The van der Waals surface area contributed by atoms with Crippen LogP contribution in [0.25, 0.3) is 10.2 Å². The van der Waals surface area contributed by atoms with E-state index in [2.05, 4.69) is 64.3 Å². The van der Waals surface area contributed by atoms with Gasteiger partial charge in [-0.05, 0) is 36.9 Å². The van der Waals surface area contributed by atoms with Crippen molar-refractivity contribution in [3.8, 4) is 0 Å². The van der Waals surface area contributed by atoms with Crippen molar-refractivity contribution in [3.63, 3.8) is 0 Å². The molecule has 0 saturated heterocycles. The minimum absolute atomic E-state index is 0.364. The van der Waals surface area contributed by atoms with E-state index in [4.69, 9.17) is 4.98 Å². The first-order valence-corrected chi connectivity index (χ1v) is 8.23. The molecule has 110 valence electrons. The lowest BCUT2D eigenvalue weighted by Gasteiger charge is -2.30. The van der Waals surface area contributed by atoms with Crippen molar-refractivity contribution in [1.82, 2.24) is 10.3 Å². The smallest absolute Gasteiger partial charge is 0.0954 e. The lowest BCUT2D eigenvalue weighted by Crippen LogP contribution is -2.32. The third-order valence-electron chi connectivity index (χ3n) is 4.28. The van der Waals surface area contributed by atoms with Gasteiger partial charge < -0.3 is 5.32 Å². The molecule has 2 rings (SSSR count). The first-order valence-electron chi connectivity index (χ1n) is 7.42. The van der Waals surface area contributed by atoms with E-state index in [1.165, 1.54) is 16.1 Å². The normalized spacial score (nSPS) is 15.4. The second kappa shape index (κ2) is 6.23. The number of fused-ring (bicyclic) bond motifs is 1. The topological polar surface area (TPSA) is 24.9 Å². The Kier molecular flexibility index (Phi) is 4.82. The molecule has 2 unspecified atom stereocenters. The van der Waals surface area contributed by atoms with E-state index in [-0.39, 0.29) is 0 Å². The number of hydrogen-bond acceptors (Lipinski definition) is 3. The van der Waals surface area contributed by atoms with Crippen LogP contribution >= 0.6 is 11.3 Å². The SMILES string of the molecule is CNC(Cc1nc2ccccc2s1)CC(C)C(C)(C)C. The van der Waals surface area contributed by atoms with E-state index in [0.717, 1.165) is 11.9 Å². The lowest BCUT2D eigenvalue weighted by atomic mass is 9.78. The number of hydrogen-bond donors (Lipinski definition) is 1. The Hall–Kier alpha value is -0.930. The molecule has 0 spiro atoms. The van der Waals surface area contributed by atoms with Gasteiger partial charge in [0.05, 0.1) is 15.2 Å². The van der Waals surface area contributed by atoms with Gasteiger partial charge in [0, 0.05) is 12.5 Å². The molecule has 2 atom stereocenters. The Morgan fingerprint density at radius 2 is 1.95 bits per heavy atom. The Labute approximate surface area is 126 Å². The van der Waals surface area contributed by atoms with Crippen LogP contribution in [0, 0.1) is 11.3 Å². The molecule has 3 heteroatoms. The van der Waals surface area contributed by atoms with Crippen LogP contribution in [-0.4, -0.2) is 18.1 Å². The van der Waals surface area contributed by atoms with Crippen LogP contribution in [0.5, 0.6) is 0 Å². The van der Waals surface area contributed by atoms with Gasteiger partial charge in [-0.25, -0.2) is 4.98 Å². The third kappa shape index (κ3) is 3.80. The molecule has 1 aromatic heterocycles. The first-order chi connectivity index (χ1) is 9.40. The monoisotopic (exact) mass is 290 g/mol. The minimum Gasteiger partial charge on any atom is -0.317 e. The zero-order chi connectivity index (χ0) is 14.8. The number of likely N-dealkylation sites (N-methyl/N-ethyl adjacent to an activating group) is 1. The first kappa shape index (κ1) is 15.5. The van der Waals surface area contributed by atoms with Crippen LogP contribution in [0.4, 0.5) is 0 Å². The average molecular weight is 290 g/mol. The highest BCUT2D eigenvalue weighted by Crippen LogP contribution is 2.30. The molecule has 0 aliphatic carbocycles. The fraction of sp³-hybridized carbons (Fsp3) is 0.588. The standard InChI is InChI=1S/C17H26N2S/c1-12(17(2,3)4)10-13(18-5)11-16-19-14-8-6-7-9-15(14)20-16/h6-9,12-13,18H,10-11H2,1-5H3. The molecule has 0 aliphatic heterocycles. The molecule has 0 radical (unpaired) electrons. The Bertz CT molecular complexity index is 520. The number of nitrogens with one attached hydrogen (secondary N) is 1. The zero-order valence-electron chi connectivity index (χ0n) is 13.2. The maximum absolute atomic E-state index is 4.75. The van der Waals surface area contributed by atoms with Crippen molar-refractivity contribution in [1.29, 1.82) is 0 Å². The van der Waals surface area contributed by atoms with E-state index >= 15 is 0 Å².